The van der Waals surface area contributed by atoms with Crippen LogP contribution in [0.5, 0.6) is 0 Å². The molecule has 2 N–H and O–H groups in total. The largest absolute Gasteiger partial charge is 0.324 e. The molecule has 1 heterocycles. The SMILES string of the molecule is CC(N)c1csc(I)c1. The fraction of sp³-hybridized carbons (Fsp3) is 0.333. The van der Waals surface area contributed by atoms with Gasteiger partial charge in [0, 0.05) is 6.04 Å². The summed E-state index contributed by atoms with van der Waals surface area (Å²) in [4.78, 5) is 0. The van der Waals surface area contributed by atoms with Gasteiger partial charge in [-0.1, -0.05) is 0 Å². The van der Waals surface area contributed by atoms with Gasteiger partial charge in [-0.25, -0.2) is 0 Å². The second-order valence-electron chi connectivity index (χ2n) is 1.97. The van der Waals surface area contributed by atoms with Gasteiger partial charge < -0.3 is 5.73 Å². The van der Waals surface area contributed by atoms with Crippen LogP contribution < -0.4 is 5.73 Å². The molecule has 9 heavy (non-hydrogen) atoms. The van der Waals surface area contributed by atoms with Gasteiger partial charge in [-0.05, 0) is 46.5 Å². The smallest absolute Gasteiger partial charge is 0.0656 e. The molecular weight excluding hydrogens is 245 g/mol. The zero-order chi connectivity index (χ0) is 6.85. The molecule has 1 rings (SSSR count). The van der Waals surface area contributed by atoms with Gasteiger partial charge in [0.2, 0.25) is 0 Å². The molecule has 50 valence electrons. The molecule has 0 aliphatic rings. The van der Waals surface area contributed by atoms with Gasteiger partial charge in [0.05, 0.1) is 2.88 Å². The molecule has 0 fully saturated rings. The van der Waals surface area contributed by atoms with Crippen LogP contribution in [0.15, 0.2) is 11.4 Å². The minimum atomic E-state index is 0.185. The summed E-state index contributed by atoms with van der Waals surface area (Å²) in [6.45, 7) is 2.00. The molecule has 0 radical (unpaired) electrons. The first-order chi connectivity index (χ1) is 4.20. The highest BCUT2D eigenvalue weighted by Gasteiger charge is 1.99. The number of hydrogen-bond acceptors (Lipinski definition) is 2. The van der Waals surface area contributed by atoms with Crippen molar-refractivity contribution in [3.05, 3.63) is 19.9 Å². The predicted octanol–water partition coefficient (Wildman–Crippen LogP) is 2.37. The Bertz CT molecular complexity index is 195. The standard InChI is InChI=1S/C6H8INS/c1-4(8)5-2-6(7)9-3-5/h2-4H,8H2,1H3. The van der Waals surface area contributed by atoms with E-state index in [1.807, 2.05) is 6.92 Å². The quantitative estimate of drug-likeness (QED) is 0.764. The molecule has 0 amide bonds. The summed E-state index contributed by atoms with van der Waals surface area (Å²) in [7, 11) is 0. The van der Waals surface area contributed by atoms with E-state index < -0.39 is 0 Å². The summed E-state index contributed by atoms with van der Waals surface area (Å²) in [6.07, 6.45) is 0. The van der Waals surface area contributed by atoms with E-state index in [1.165, 1.54) is 8.45 Å². The van der Waals surface area contributed by atoms with E-state index in [0.29, 0.717) is 0 Å². The van der Waals surface area contributed by atoms with E-state index in [0.717, 1.165) is 0 Å². The Kier molecular flexibility index (Phi) is 2.49. The van der Waals surface area contributed by atoms with Gasteiger partial charge in [0.1, 0.15) is 0 Å². The van der Waals surface area contributed by atoms with E-state index in [-0.39, 0.29) is 6.04 Å². The molecule has 3 heteroatoms. The Morgan fingerprint density at radius 3 is 2.67 bits per heavy atom. The molecule has 1 atom stereocenters. The van der Waals surface area contributed by atoms with Crippen molar-refractivity contribution in [1.29, 1.82) is 0 Å². The zero-order valence-electron chi connectivity index (χ0n) is 5.10. The highest BCUT2D eigenvalue weighted by atomic mass is 127. The minimum Gasteiger partial charge on any atom is -0.324 e. The molecule has 0 aliphatic heterocycles. The Morgan fingerprint density at radius 2 is 2.44 bits per heavy atom. The monoisotopic (exact) mass is 253 g/mol. The molecule has 1 aromatic rings. The first-order valence-corrected chi connectivity index (χ1v) is 4.65. The van der Waals surface area contributed by atoms with Crippen LogP contribution in [0.1, 0.15) is 18.5 Å². The van der Waals surface area contributed by atoms with Gasteiger partial charge >= 0.3 is 0 Å². The maximum Gasteiger partial charge on any atom is 0.0656 e. The molecular formula is C6H8INS. The molecule has 1 nitrogen and oxygen atoms in total. The van der Waals surface area contributed by atoms with Crippen LogP contribution in [0.25, 0.3) is 0 Å². The van der Waals surface area contributed by atoms with Crippen molar-refractivity contribution >= 4 is 33.9 Å². The minimum absolute atomic E-state index is 0.185. The average Bonchev–Trinajstić information content (AvgIpc) is 2.14. The molecule has 0 aliphatic carbocycles. The lowest BCUT2D eigenvalue weighted by molar-refractivity contribution is 0.822. The summed E-state index contributed by atoms with van der Waals surface area (Å²) in [6, 6.07) is 2.31. The van der Waals surface area contributed by atoms with E-state index in [9.17, 15) is 0 Å². The van der Waals surface area contributed by atoms with Crippen molar-refractivity contribution in [3.8, 4) is 0 Å². The van der Waals surface area contributed by atoms with E-state index >= 15 is 0 Å². The van der Waals surface area contributed by atoms with Crippen LogP contribution in [0.3, 0.4) is 0 Å². The molecule has 0 spiro atoms. The predicted molar refractivity (Wildman–Crippen MR) is 49.6 cm³/mol. The van der Waals surface area contributed by atoms with Crippen LogP contribution in [0.2, 0.25) is 0 Å². The molecule has 0 aromatic carbocycles. The van der Waals surface area contributed by atoms with Crippen LogP contribution >= 0.6 is 33.9 Å². The first-order valence-electron chi connectivity index (χ1n) is 2.69. The van der Waals surface area contributed by atoms with Crippen molar-refractivity contribution in [2.75, 3.05) is 0 Å². The topological polar surface area (TPSA) is 26.0 Å². The van der Waals surface area contributed by atoms with Crippen LogP contribution in [-0.4, -0.2) is 0 Å². The summed E-state index contributed by atoms with van der Waals surface area (Å²) in [5.41, 5.74) is 6.87. The van der Waals surface area contributed by atoms with Crippen molar-refractivity contribution < 1.29 is 0 Å². The first kappa shape index (κ1) is 7.50. The van der Waals surface area contributed by atoms with Gasteiger partial charge in [0.25, 0.3) is 0 Å². The zero-order valence-corrected chi connectivity index (χ0v) is 8.07. The highest BCUT2D eigenvalue weighted by Crippen LogP contribution is 2.20. The van der Waals surface area contributed by atoms with Crippen molar-refractivity contribution in [2.24, 2.45) is 5.73 Å². The lowest BCUT2D eigenvalue weighted by Gasteiger charge is -1.97. The Morgan fingerprint density at radius 1 is 1.78 bits per heavy atom. The molecule has 0 bridgehead atoms. The highest BCUT2D eigenvalue weighted by molar-refractivity contribution is 14.1. The van der Waals surface area contributed by atoms with Crippen LogP contribution in [-0.2, 0) is 0 Å². The fourth-order valence-electron chi connectivity index (χ4n) is 0.562. The maximum atomic E-state index is 5.63. The lowest BCUT2D eigenvalue weighted by atomic mass is 10.2. The molecule has 1 unspecified atom stereocenters. The summed E-state index contributed by atoms with van der Waals surface area (Å²) in [5.74, 6) is 0. The van der Waals surface area contributed by atoms with Gasteiger partial charge in [-0.15, -0.1) is 11.3 Å². The summed E-state index contributed by atoms with van der Waals surface area (Å²) < 4.78 is 1.31. The maximum absolute atomic E-state index is 5.63. The van der Waals surface area contributed by atoms with E-state index in [1.54, 1.807) is 11.3 Å². The number of hydrogen-bond donors (Lipinski definition) is 1. The van der Waals surface area contributed by atoms with Gasteiger partial charge in [-0.2, -0.15) is 0 Å². The van der Waals surface area contributed by atoms with Crippen LogP contribution in [0.4, 0.5) is 0 Å². The third kappa shape index (κ3) is 1.91. The Balaban J connectivity index is 2.85. The van der Waals surface area contributed by atoms with E-state index in [4.69, 9.17) is 5.73 Å². The third-order valence-corrected chi connectivity index (χ3v) is 2.92. The van der Waals surface area contributed by atoms with Gasteiger partial charge in [0.15, 0.2) is 0 Å². The van der Waals surface area contributed by atoms with Crippen molar-refractivity contribution in [2.45, 2.75) is 13.0 Å². The number of rotatable bonds is 1. The van der Waals surface area contributed by atoms with E-state index in [2.05, 4.69) is 34.0 Å². The second kappa shape index (κ2) is 2.98. The van der Waals surface area contributed by atoms with Gasteiger partial charge in [-0.3, -0.25) is 0 Å². The van der Waals surface area contributed by atoms with Crippen molar-refractivity contribution in [1.82, 2.24) is 0 Å². The van der Waals surface area contributed by atoms with Crippen LogP contribution in [0, 0.1) is 2.88 Å². The lowest BCUT2D eigenvalue weighted by Crippen LogP contribution is -2.02. The second-order valence-corrected chi connectivity index (χ2v) is 4.78. The average molecular weight is 253 g/mol. The normalized spacial score (nSPS) is 13.7. The summed E-state index contributed by atoms with van der Waals surface area (Å²) in [5, 5.41) is 2.10. The van der Waals surface area contributed by atoms with Crippen molar-refractivity contribution in [3.63, 3.8) is 0 Å². The Hall–Kier alpha value is 0.390. The number of halogens is 1. The third-order valence-electron chi connectivity index (χ3n) is 1.11. The molecule has 1 aromatic heterocycles. The molecule has 0 saturated heterocycles. The fourth-order valence-corrected chi connectivity index (χ4v) is 2.04. The Labute approximate surface area is 72.4 Å². The number of nitrogens with two attached hydrogens (primary N) is 1. The summed E-state index contributed by atoms with van der Waals surface area (Å²) >= 11 is 4.04. The number of thiophene rings is 1. The molecule has 0 saturated carbocycles.